The molecule has 0 aliphatic heterocycles. The summed E-state index contributed by atoms with van der Waals surface area (Å²) in [4.78, 5) is 11.1. The molecule has 0 radical (unpaired) electrons. The van der Waals surface area contributed by atoms with Gasteiger partial charge in [0.05, 0.1) is 12.7 Å². The van der Waals surface area contributed by atoms with Gasteiger partial charge in [0.1, 0.15) is 0 Å². The number of aliphatic hydroxyl groups is 1. The van der Waals surface area contributed by atoms with Gasteiger partial charge in [0.15, 0.2) is 0 Å². The molecule has 0 rings (SSSR count). The number of hydrogen-bond acceptors (Lipinski definition) is 3. The molecule has 0 unspecified atom stereocenters. The van der Waals surface area contributed by atoms with Crippen LogP contribution < -0.4 is 0 Å². The number of rotatable bonds is 8. The van der Waals surface area contributed by atoms with Crippen LogP contribution >= 0.6 is 0 Å². The van der Waals surface area contributed by atoms with Crippen molar-refractivity contribution < 1.29 is 14.6 Å². The van der Waals surface area contributed by atoms with Crippen molar-refractivity contribution in [2.24, 2.45) is 5.41 Å². The Balaban J connectivity index is 3.47. The molecule has 0 fully saturated rings. The Morgan fingerprint density at radius 3 is 2.35 bits per heavy atom. The Labute approximate surface area is 106 Å². The van der Waals surface area contributed by atoms with Crippen LogP contribution in [0.5, 0.6) is 0 Å². The summed E-state index contributed by atoms with van der Waals surface area (Å²) in [6.45, 7) is 8.87. The average Bonchev–Trinajstić information content (AvgIpc) is 2.16. The monoisotopic (exact) mass is 244 g/mol. The first-order valence-corrected chi connectivity index (χ1v) is 6.69. The van der Waals surface area contributed by atoms with E-state index in [4.69, 9.17) is 4.74 Å². The first kappa shape index (κ1) is 16.4. The third kappa shape index (κ3) is 11.7. The van der Waals surface area contributed by atoms with Gasteiger partial charge in [-0.15, -0.1) is 0 Å². The van der Waals surface area contributed by atoms with Crippen LogP contribution in [0, 0.1) is 5.41 Å². The summed E-state index contributed by atoms with van der Waals surface area (Å²) in [7, 11) is 0. The molecule has 0 aromatic rings. The van der Waals surface area contributed by atoms with Crippen LogP contribution in [0.2, 0.25) is 0 Å². The number of aliphatic hydroxyl groups excluding tert-OH is 1. The number of ether oxygens (including phenoxy) is 1. The smallest absolute Gasteiger partial charge is 0.305 e. The van der Waals surface area contributed by atoms with Crippen LogP contribution in [-0.2, 0) is 9.53 Å². The SMILES string of the molecule is CCOC(=O)CCC[C@@H](O)CCCC(C)(C)C. The summed E-state index contributed by atoms with van der Waals surface area (Å²) in [6.07, 6.45) is 4.57. The fourth-order valence-electron chi connectivity index (χ4n) is 1.73. The lowest BCUT2D eigenvalue weighted by Crippen LogP contribution is -2.11. The topological polar surface area (TPSA) is 46.5 Å². The second-order valence-electron chi connectivity index (χ2n) is 5.80. The number of esters is 1. The van der Waals surface area contributed by atoms with Gasteiger partial charge in [-0.05, 0) is 38.0 Å². The molecule has 0 bridgehead atoms. The van der Waals surface area contributed by atoms with Gasteiger partial charge in [-0.2, -0.15) is 0 Å². The maximum Gasteiger partial charge on any atom is 0.305 e. The number of carbonyl (C=O) groups excluding carboxylic acids is 1. The van der Waals surface area contributed by atoms with Gasteiger partial charge in [-0.25, -0.2) is 0 Å². The van der Waals surface area contributed by atoms with Gasteiger partial charge < -0.3 is 9.84 Å². The first-order chi connectivity index (χ1) is 7.85. The van der Waals surface area contributed by atoms with Crippen molar-refractivity contribution in [3.8, 4) is 0 Å². The number of carbonyl (C=O) groups is 1. The van der Waals surface area contributed by atoms with Crippen LogP contribution in [0.15, 0.2) is 0 Å². The second kappa shape index (κ2) is 8.51. The van der Waals surface area contributed by atoms with E-state index in [1.165, 1.54) is 0 Å². The minimum absolute atomic E-state index is 0.158. The van der Waals surface area contributed by atoms with E-state index in [1.807, 2.05) is 0 Å². The molecule has 3 nitrogen and oxygen atoms in total. The highest BCUT2D eigenvalue weighted by Gasteiger charge is 2.12. The molecule has 0 aromatic heterocycles. The molecule has 0 saturated heterocycles. The highest BCUT2D eigenvalue weighted by molar-refractivity contribution is 5.69. The zero-order valence-electron chi connectivity index (χ0n) is 11.8. The minimum Gasteiger partial charge on any atom is -0.466 e. The number of hydrogen-bond donors (Lipinski definition) is 1. The molecule has 0 heterocycles. The van der Waals surface area contributed by atoms with E-state index in [2.05, 4.69) is 20.8 Å². The van der Waals surface area contributed by atoms with Crippen LogP contribution in [0.3, 0.4) is 0 Å². The van der Waals surface area contributed by atoms with Gasteiger partial charge in [0.25, 0.3) is 0 Å². The van der Waals surface area contributed by atoms with Crippen molar-refractivity contribution >= 4 is 5.97 Å². The van der Waals surface area contributed by atoms with E-state index in [0.717, 1.165) is 25.7 Å². The molecule has 0 saturated carbocycles. The second-order valence-corrected chi connectivity index (χ2v) is 5.80. The highest BCUT2D eigenvalue weighted by atomic mass is 16.5. The van der Waals surface area contributed by atoms with Gasteiger partial charge in [0.2, 0.25) is 0 Å². The van der Waals surface area contributed by atoms with Crippen molar-refractivity contribution in [1.29, 1.82) is 0 Å². The summed E-state index contributed by atoms with van der Waals surface area (Å²) < 4.78 is 4.83. The third-order valence-corrected chi connectivity index (χ3v) is 2.69. The lowest BCUT2D eigenvalue weighted by molar-refractivity contribution is -0.143. The van der Waals surface area contributed by atoms with Crippen molar-refractivity contribution in [2.45, 2.75) is 72.3 Å². The summed E-state index contributed by atoms with van der Waals surface area (Å²) >= 11 is 0. The van der Waals surface area contributed by atoms with Gasteiger partial charge in [-0.3, -0.25) is 4.79 Å². The maximum absolute atomic E-state index is 11.1. The summed E-state index contributed by atoms with van der Waals surface area (Å²) in [6, 6.07) is 0. The van der Waals surface area contributed by atoms with Gasteiger partial charge >= 0.3 is 5.97 Å². The normalized spacial score (nSPS) is 13.5. The summed E-state index contributed by atoms with van der Waals surface area (Å²) in [5.41, 5.74) is 0.338. The van der Waals surface area contributed by atoms with E-state index in [1.54, 1.807) is 6.92 Å². The predicted molar refractivity (Wildman–Crippen MR) is 69.8 cm³/mol. The van der Waals surface area contributed by atoms with E-state index in [0.29, 0.717) is 24.9 Å². The van der Waals surface area contributed by atoms with E-state index >= 15 is 0 Å². The molecule has 0 amide bonds. The molecule has 0 aliphatic rings. The van der Waals surface area contributed by atoms with Gasteiger partial charge in [0, 0.05) is 6.42 Å². The average molecular weight is 244 g/mol. The van der Waals surface area contributed by atoms with Crippen LogP contribution in [0.25, 0.3) is 0 Å². The molecule has 102 valence electrons. The molecule has 0 aliphatic carbocycles. The highest BCUT2D eigenvalue weighted by Crippen LogP contribution is 2.22. The third-order valence-electron chi connectivity index (χ3n) is 2.69. The van der Waals surface area contributed by atoms with Crippen LogP contribution in [-0.4, -0.2) is 23.8 Å². The lowest BCUT2D eigenvalue weighted by Gasteiger charge is -2.18. The molecule has 17 heavy (non-hydrogen) atoms. The Morgan fingerprint density at radius 1 is 1.24 bits per heavy atom. The predicted octanol–water partition coefficient (Wildman–Crippen LogP) is 3.30. The van der Waals surface area contributed by atoms with Crippen molar-refractivity contribution in [1.82, 2.24) is 0 Å². The molecule has 1 atom stereocenters. The largest absolute Gasteiger partial charge is 0.466 e. The quantitative estimate of drug-likeness (QED) is 0.666. The van der Waals surface area contributed by atoms with E-state index in [9.17, 15) is 9.90 Å². The Hall–Kier alpha value is -0.570. The minimum atomic E-state index is -0.272. The molecule has 0 aromatic carbocycles. The fraction of sp³-hybridized carbons (Fsp3) is 0.929. The Kier molecular flexibility index (Phi) is 8.23. The molecular weight excluding hydrogens is 216 g/mol. The van der Waals surface area contributed by atoms with E-state index < -0.39 is 0 Å². The van der Waals surface area contributed by atoms with Gasteiger partial charge in [-0.1, -0.05) is 27.2 Å². The molecule has 0 spiro atoms. The first-order valence-electron chi connectivity index (χ1n) is 6.69. The van der Waals surface area contributed by atoms with E-state index in [-0.39, 0.29) is 12.1 Å². The van der Waals surface area contributed by atoms with Crippen LogP contribution in [0.4, 0.5) is 0 Å². The molecule has 3 heteroatoms. The Morgan fingerprint density at radius 2 is 1.82 bits per heavy atom. The lowest BCUT2D eigenvalue weighted by atomic mass is 9.89. The molecular formula is C14H28O3. The fourth-order valence-corrected chi connectivity index (χ4v) is 1.73. The standard InChI is InChI=1S/C14H28O3/c1-5-17-13(16)10-6-8-12(15)9-7-11-14(2,3)4/h12,15H,5-11H2,1-4H3/t12-/m1/s1. The summed E-state index contributed by atoms with van der Waals surface area (Å²) in [5.74, 6) is -0.158. The van der Waals surface area contributed by atoms with Crippen molar-refractivity contribution in [3.63, 3.8) is 0 Å². The Bertz CT molecular complexity index is 206. The van der Waals surface area contributed by atoms with Crippen LogP contribution in [0.1, 0.15) is 66.2 Å². The summed E-state index contributed by atoms with van der Waals surface area (Å²) in [5, 5.41) is 9.74. The zero-order chi connectivity index (χ0) is 13.3. The molecule has 1 N–H and O–H groups in total. The zero-order valence-corrected chi connectivity index (χ0v) is 11.8. The van der Waals surface area contributed by atoms with Crippen molar-refractivity contribution in [3.05, 3.63) is 0 Å². The van der Waals surface area contributed by atoms with Crippen molar-refractivity contribution in [2.75, 3.05) is 6.61 Å². The maximum atomic E-state index is 11.1.